The van der Waals surface area contributed by atoms with Crippen LogP contribution in [-0.2, 0) is 9.59 Å². The molecule has 1 saturated carbocycles. The zero-order chi connectivity index (χ0) is 27.0. The van der Waals surface area contributed by atoms with Gasteiger partial charge in [0.2, 0.25) is 11.8 Å². The molecule has 0 radical (unpaired) electrons. The molecule has 2 aromatic rings. The van der Waals surface area contributed by atoms with Gasteiger partial charge in [0, 0.05) is 51.0 Å². The fraction of sp³-hybridized carbons (Fsp3) is 0.464. The number of hydrogen-bond donors (Lipinski definition) is 0. The van der Waals surface area contributed by atoms with Crippen molar-refractivity contribution in [2.75, 3.05) is 33.2 Å². The molecular weight excluding hydrogens is 532 g/mol. The van der Waals surface area contributed by atoms with Gasteiger partial charge in [0.25, 0.3) is 0 Å². The molecule has 0 bridgehead atoms. The van der Waals surface area contributed by atoms with Gasteiger partial charge in [-0.2, -0.15) is 0 Å². The average molecular weight is 562 g/mol. The van der Waals surface area contributed by atoms with Crippen molar-refractivity contribution in [3.05, 3.63) is 63.9 Å². The predicted molar refractivity (Wildman–Crippen MR) is 142 cm³/mol. The highest BCUT2D eigenvalue weighted by molar-refractivity contribution is 6.42. The van der Waals surface area contributed by atoms with E-state index in [1.54, 1.807) is 19.2 Å². The molecule has 2 heterocycles. The molecule has 2 aliphatic heterocycles. The zero-order valence-corrected chi connectivity index (χ0v) is 22.6. The molecule has 3 aliphatic rings. The van der Waals surface area contributed by atoms with Gasteiger partial charge >= 0.3 is 6.09 Å². The average Bonchev–Trinajstić information content (AvgIpc) is 3.68. The SMILES string of the molecule is CN(C(=O)Oc1ccc(F)cc1)C1CN(C(=O)C2CCN(C(=O)C3CC3)CC2)CC1c1ccc(Cl)c(Cl)c1. The van der Waals surface area contributed by atoms with E-state index in [9.17, 15) is 18.8 Å². The van der Waals surface area contributed by atoms with E-state index >= 15 is 0 Å². The van der Waals surface area contributed by atoms with Gasteiger partial charge in [0.15, 0.2) is 0 Å². The van der Waals surface area contributed by atoms with Crippen LogP contribution in [0, 0.1) is 17.7 Å². The Bertz CT molecular complexity index is 1220. The quantitative estimate of drug-likeness (QED) is 0.502. The highest BCUT2D eigenvalue weighted by atomic mass is 35.5. The molecule has 7 nitrogen and oxygen atoms in total. The molecule has 10 heteroatoms. The van der Waals surface area contributed by atoms with Crippen LogP contribution in [0.1, 0.15) is 37.2 Å². The Morgan fingerprint density at radius 2 is 1.50 bits per heavy atom. The molecule has 3 fully saturated rings. The summed E-state index contributed by atoms with van der Waals surface area (Å²) in [4.78, 5) is 44.2. The van der Waals surface area contributed by atoms with E-state index in [1.165, 1.54) is 29.2 Å². The predicted octanol–water partition coefficient (Wildman–Crippen LogP) is 5.21. The Morgan fingerprint density at radius 3 is 2.13 bits per heavy atom. The molecule has 2 atom stereocenters. The Morgan fingerprint density at radius 1 is 0.868 bits per heavy atom. The van der Waals surface area contributed by atoms with Crippen LogP contribution in [0.2, 0.25) is 10.0 Å². The molecule has 1 aliphatic carbocycles. The van der Waals surface area contributed by atoms with Gasteiger partial charge in [0.1, 0.15) is 11.6 Å². The number of carbonyl (C=O) groups excluding carboxylic acids is 3. The number of hydrogen-bond acceptors (Lipinski definition) is 4. The van der Waals surface area contributed by atoms with Crippen LogP contribution in [0.5, 0.6) is 5.75 Å². The van der Waals surface area contributed by atoms with E-state index in [1.807, 2.05) is 15.9 Å². The Kier molecular flexibility index (Phi) is 7.82. The van der Waals surface area contributed by atoms with Gasteiger partial charge < -0.3 is 19.4 Å². The molecule has 5 rings (SSSR count). The van der Waals surface area contributed by atoms with Crippen molar-refractivity contribution < 1.29 is 23.5 Å². The summed E-state index contributed by atoms with van der Waals surface area (Å²) >= 11 is 12.4. The van der Waals surface area contributed by atoms with Crippen LogP contribution in [0.4, 0.5) is 9.18 Å². The summed E-state index contributed by atoms with van der Waals surface area (Å²) in [5.41, 5.74) is 0.867. The van der Waals surface area contributed by atoms with E-state index in [-0.39, 0.29) is 41.4 Å². The van der Waals surface area contributed by atoms with Crippen LogP contribution in [-0.4, -0.2) is 71.9 Å². The minimum absolute atomic E-state index is 0.0383. The van der Waals surface area contributed by atoms with E-state index in [4.69, 9.17) is 27.9 Å². The Balaban J connectivity index is 1.30. The second-order valence-corrected chi connectivity index (χ2v) is 11.2. The number of likely N-dealkylation sites (tertiary alicyclic amines) is 2. The maximum Gasteiger partial charge on any atom is 0.415 e. The van der Waals surface area contributed by atoms with Gasteiger partial charge in [-0.15, -0.1) is 0 Å². The molecule has 2 saturated heterocycles. The third-order valence-electron chi connectivity index (χ3n) is 7.86. The third kappa shape index (κ3) is 5.76. The molecular formula is C28H30Cl2FN3O4. The molecule has 202 valence electrons. The topological polar surface area (TPSA) is 70.2 Å². The maximum absolute atomic E-state index is 13.6. The molecule has 0 spiro atoms. The lowest BCUT2D eigenvalue weighted by Crippen LogP contribution is -2.46. The first-order chi connectivity index (χ1) is 18.2. The first-order valence-electron chi connectivity index (χ1n) is 12.9. The van der Waals surface area contributed by atoms with Crippen LogP contribution >= 0.6 is 23.2 Å². The lowest BCUT2D eigenvalue weighted by molar-refractivity contribution is -0.140. The number of carbonyl (C=O) groups is 3. The van der Waals surface area contributed by atoms with Gasteiger partial charge in [-0.1, -0.05) is 29.3 Å². The summed E-state index contributed by atoms with van der Waals surface area (Å²) < 4.78 is 18.7. The number of likely N-dealkylation sites (N-methyl/N-ethyl adjacent to an activating group) is 1. The molecule has 3 amide bonds. The first kappa shape index (κ1) is 26.8. The van der Waals surface area contributed by atoms with Crippen LogP contribution in [0.15, 0.2) is 42.5 Å². The van der Waals surface area contributed by atoms with E-state index < -0.39 is 11.9 Å². The molecule has 0 N–H and O–H groups in total. The van der Waals surface area contributed by atoms with Crippen molar-refractivity contribution in [2.45, 2.75) is 37.6 Å². The number of amides is 3. The standard InChI is InChI=1S/C28H30Cl2FN3O4/c1-32(28(37)38-21-7-5-20(31)6-8-21)25-16-34(15-22(25)19-4-9-23(29)24(30)14-19)27(36)18-10-12-33(13-11-18)26(35)17-2-3-17/h4-9,14,17-18,22,25H,2-3,10-13,15-16H2,1H3. The summed E-state index contributed by atoms with van der Waals surface area (Å²) in [5, 5.41) is 0.825. The van der Waals surface area contributed by atoms with Crippen molar-refractivity contribution in [1.29, 1.82) is 0 Å². The highest BCUT2D eigenvalue weighted by Gasteiger charge is 2.43. The minimum Gasteiger partial charge on any atom is -0.410 e. The number of rotatable bonds is 5. The van der Waals surface area contributed by atoms with E-state index in [2.05, 4.69) is 0 Å². The largest absolute Gasteiger partial charge is 0.415 e. The third-order valence-corrected chi connectivity index (χ3v) is 8.60. The van der Waals surface area contributed by atoms with Crippen molar-refractivity contribution in [2.24, 2.45) is 11.8 Å². The van der Waals surface area contributed by atoms with Crippen molar-refractivity contribution in [3.63, 3.8) is 0 Å². The fourth-order valence-corrected chi connectivity index (χ4v) is 5.74. The number of ether oxygens (including phenoxy) is 1. The zero-order valence-electron chi connectivity index (χ0n) is 21.1. The summed E-state index contributed by atoms with van der Waals surface area (Å²) in [6, 6.07) is 10.2. The second kappa shape index (κ2) is 11.1. The minimum atomic E-state index is -0.604. The molecule has 0 aromatic heterocycles. The fourth-order valence-electron chi connectivity index (χ4n) is 5.43. The number of piperidine rings is 1. The maximum atomic E-state index is 13.6. The first-order valence-corrected chi connectivity index (χ1v) is 13.7. The smallest absolute Gasteiger partial charge is 0.410 e. The molecule has 38 heavy (non-hydrogen) atoms. The van der Waals surface area contributed by atoms with Crippen molar-refractivity contribution in [3.8, 4) is 5.75 Å². The lowest BCUT2D eigenvalue weighted by atomic mass is 9.93. The second-order valence-electron chi connectivity index (χ2n) is 10.4. The van der Waals surface area contributed by atoms with E-state index in [0.29, 0.717) is 49.1 Å². The number of benzene rings is 2. The monoisotopic (exact) mass is 561 g/mol. The van der Waals surface area contributed by atoms with Crippen LogP contribution < -0.4 is 4.74 Å². The van der Waals surface area contributed by atoms with Crippen LogP contribution in [0.25, 0.3) is 0 Å². The normalized spacial score (nSPS) is 21.9. The highest BCUT2D eigenvalue weighted by Crippen LogP contribution is 2.37. The number of halogens is 3. The Hall–Kier alpha value is -2.84. The van der Waals surface area contributed by atoms with Gasteiger partial charge in [0.05, 0.1) is 16.1 Å². The summed E-state index contributed by atoms with van der Waals surface area (Å²) in [5.74, 6) is -0.134. The van der Waals surface area contributed by atoms with Crippen molar-refractivity contribution >= 4 is 41.1 Å². The van der Waals surface area contributed by atoms with Gasteiger partial charge in [-0.25, -0.2) is 9.18 Å². The summed E-state index contributed by atoms with van der Waals surface area (Å²) in [7, 11) is 1.64. The summed E-state index contributed by atoms with van der Waals surface area (Å²) in [6.45, 7) is 1.95. The van der Waals surface area contributed by atoms with Crippen molar-refractivity contribution in [1.82, 2.24) is 14.7 Å². The van der Waals surface area contributed by atoms with E-state index in [0.717, 1.165) is 18.4 Å². The summed E-state index contributed by atoms with van der Waals surface area (Å²) in [6.07, 6.45) is 2.62. The Labute approximate surface area is 231 Å². The molecule has 2 aromatic carbocycles. The van der Waals surface area contributed by atoms with Gasteiger partial charge in [-0.3, -0.25) is 9.59 Å². The number of nitrogens with zero attached hydrogens (tertiary/aromatic N) is 3. The molecule has 2 unspecified atom stereocenters. The van der Waals surface area contributed by atoms with Crippen LogP contribution in [0.3, 0.4) is 0 Å². The van der Waals surface area contributed by atoms with Gasteiger partial charge in [-0.05, 0) is 67.6 Å². The lowest BCUT2D eigenvalue weighted by Gasteiger charge is -2.33.